The maximum Gasteiger partial charge on any atom is 0.353 e. The van der Waals surface area contributed by atoms with E-state index in [1.807, 2.05) is 0 Å². The number of ether oxygens (including phenoxy) is 1. The number of benzene rings is 1. The van der Waals surface area contributed by atoms with Gasteiger partial charge in [0.15, 0.2) is 5.82 Å². The Morgan fingerprint density at radius 2 is 2.19 bits per heavy atom. The van der Waals surface area contributed by atoms with Crippen molar-refractivity contribution < 1.29 is 19.4 Å². The van der Waals surface area contributed by atoms with Crippen LogP contribution in [0.5, 0.6) is 5.75 Å². The highest BCUT2D eigenvalue weighted by atomic mass is 16.5. The lowest BCUT2D eigenvalue weighted by molar-refractivity contribution is 0.0690. The van der Waals surface area contributed by atoms with Crippen LogP contribution in [0.3, 0.4) is 0 Å². The number of anilines is 1. The van der Waals surface area contributed by atoms with E-state index in [1.54, 1.807) is 30.3 Å². The standard InChI is InChI=1S/C14H13N3O4/c1-2-7-21-11-6-4-3-5-9(11)13(18)15-12-8-10(14(19)20)16-17-12/h2-6,8H,1,7H2,(H,19,20)(H2,15,16,17,18). The zero-order valence-electron chi connectivity index (χ0n) is 11.0. The molecule has 2 rings (SSSR count). The van der Waals surface area contributed by atoms with Crippen molar-refractivity contribution in [3.8, 4) is 5.75 Å². The molecule has 7 nitrogen and oxygen atoms in total. The molecule has 108 valence electrons. The number of aromatic amines is 1. The fraction of sp³-hybridized carbons (Fsp3) is 0.0714. The number of aromatic carboxylic acids is 1. The first kappa shape index (κ1) is 14.3. The summed E-state index contributed by atoms with van der Waals surface area (Å²) in [6.45, 7) is 3.82. The summed E-state index contributed by atoms with van der Waals surface area (Å²) in [5, 5.41) is 17.3. The third kappa shape index (κ3) is 3.47. The first-order chi connectivity index (χ1) is 10.1. The topological polar surface area (TPSA) is 104 Å². The number of carboxylic acid groups (broad SMARTS) is 1. The van der Waals surface area contributed by atoms with Crippen LogP contribution in [-0.4, -0.2) is 33.8 Å². The van der Waals surface area contributed by atoms with E-state index in [-0.39, 0.29) is 18.1 Å². The van der Waals surface area contributed by atoms with E-state index in [1.165, 1.54) is 6.07 Å². The molecule has 3 N–H and O–H groups in total. The summed E-state index contributed by atoms with van der Waals surface area (Å²) in [7, 11) is 0. The Labute approximate surface area is 120 Å². The van der Waals surface area contributed by atoms with E-state index < -0.39 is 11.9 Å². The van der Waals surface area contributed by atoms with Crippen LogP contribution in [0.1, 0.15) is 20.8 Å². The first-order valence-electron chi connectivity index (χ1n) is 6.04. The van der Waals surface area contributed by atoms with E-state index in [9.17, 15) is 9.59 Å². The summed E-state index contributed by atoms with van der Waals surface area (Å²) < 4.78 is 5.39. The second kappa shape index (κ2) is 6.38. The van der Waals surface area contributed by atoms with Crippen LogP contribution in [0.25, 0.3) is 0 Å². The fourth-order valence-electron chi connectivity index (χ4n) is 1.61. The van der Waals surface area contributed by atoms with Gasteiger partial charge in [-0.1, -0.05) is 24.8 Å². The largest absolute Gasteiger partial charge is 0.489 e. The van der Waals surface area contributed by atoms with Crippen molar-refractivity contribution in [2.45, 2.75) is 0 Å². The molecule has 0 atom stereocenters. The van der Waals surface area contributed by atoms with Gasteiger partial charge in [-0.15, -0.1) is 0 Å². The van der Waals surface area contributed by atoms with E-state index in [0.717, 1.165) is 0 Å². The van der Waals surface area contributed by atoms with Crippen LogP contribution in [0.15, 0.2) is 43.0 Å². The molecular formula is C14H13N3O4. The molecule has 1 aromatic carbocycles. The Bertz CT molecular complexity index is 678. The number of nitrogens with one attached hydrogen (secondary N) is 2. The van der Waals surface area contributed by atoms with Gasteiger partial charge in [-0.3, -0.25) is 9.89 Å². The van der Waals surface area contributed by atoms with Gasteiger partial charge in [-0.05, 0) is 12.1 Å². The minimum absolute atomic E-state index is 0.110. The molecule has 0 saturated carbocycles. The Balaban J connectivity index is 2.15. The minimum atomic E-state index is -1.15. The Morgan fingerprint density at radius 3 is 2.86 bits per heavy atom. The van der Waals surface area contributed by atoms with Gasteiger partial charge in [0.05, 0.1) is 5.56 Å². The van der Waals surface area contributed by atoms with Gasteiger partial charge in [0.2, 0.25) is 0 Å². The number of carbonyl (C=O) groups is 2. The van der Waals surface area contributed by atoms with Crippen molar-refractivity contribution in [2.24, 2.45) is 0 Å². The van der Waals surface area contributed by atoms with E-state index in [0.29, 0.717) is 11.3 Å². The van der Waals surface area contributed by atoms with Crippen LogP contribution < -0.4 is 10.1 Å². The SMILES string of the molecule is C=CCOc1ccccc1C(=O)Nc1cc(C(=O)O)[nH]n1. The second-order valence-electron chi connectivity index (χ2n) is 4.02. The molecular weight excluding hydrogens is 274 g/mol. The van der Waals surface area contributed by atoms with E-state index in [4.69, 9.17) is 9.84 Å². The third-order valence-electron chi connectivity index (χ3n) is 2.54. The summed E-state index contributed by atoms with van der Waals surface area (Å²) in [5.74, 6) is -1.07. The molecule has 0 aliphatic rings. The van der Waals surface area contributed by atoms with Gasteiger partial charge in [-0.25, -0.2) is 4.79 Å². The lowest BCUT2D eigenvalue weighted by Crippen LogP contribution is -2.14. The summed E-state index contributed by atoms with van der Waals surface area (Å²) in [5.41, 5.74) is 0.209. The average Bonchev–Trinajstić information content (AvgIpc) is 2.94. The first-order valence-corrected chi connectivity index (χ1v) is 6.04. The number of amides is 1. The van der Waals surface area contributed by atoms with E-state index >= 15 is 0 Å². The lowest BCUT2D eigenvalue weighted by Gasteiger charge is -2.09. The molecule has 0 spiro atoms. The maximum absolute atomic E-state index is 12.2. The number of carboxylic acids is 1. The second-order valence-corrected chi connectivity index (χ2v) is 4.02. The van der Waals surface area contributed by atoms with Crippen molar-refractivity contribution >= 4 is 17.7 Å². The minimum Gasteiger partial charge on any atom is -0.489 e. The number of para-hydroxylation sites is 1. The number of hydrogen-bond acceptors (Lipinski definition) is 4. The molecule has 0 bridgehead atoms. The van der Waals surface area contributed by atoms with Gasteiger partial charge in [-0.2, -0.15) is 5.10 Å². The summed E-state index contributed by atoms with van der Waals surface area (Å²) in [4.78, 5) is 22.9. The fourth-order valence-corrected chi connectivity index (χ4v) is 1.61. The van der Waals surface area contributed by atoms with Crippen molar-refractivity contribution in [2.75, 3.05) is 11.9 Å². The maximum atomic E-state index is 12.2. The average molecular weight is 287 g/mol. The summed E-state index contributed by atoms with van der Waals surface area (Å²) in [6, 6.07) is 7.92. The highest BCUT2D eigenvalue weighted by Crippen LogP contribution is 2.19. The number of H-pyrrole nitrogens is 1. The van der Waals surface area contributed by atoms with Crippen LogP contribution in [0.2, 0.25) is 0 Å². The zero-order valence-corrected chi connectivity index (χ0v) is 11.0. The third-order valence-corrected chi connectivity index (χ3v) is 2.54. The molecule has 0 aliphatic carbocycles. The van der Waals surface area contributed by atoms with E-state index in [2.05, 4.69) is 22.1 Å². The normalized spacial score (nSPS) is 9.90. The molecule has 21 heavy (non-hydrogen) atoms. The molecule has 7 heteroatoms. The number of hydrogen-bond donors (Lipinski definition) is 3. The molecule has 0 unspecified atom stereocenters. The number of nitrogens with zero attached hydrogens (tertiary/aromatic N) is 1. The molecule has 0 fully saturated rings. The molecule has 1 aromatic heterocycles. The van der Waals surface area contributed by atoms with Crippen molar-refractivity contribution in [1.82, 2.24) is 10.2 Å². The lowest BCUT2D eigenvalue weighted by atomic mass is 10.2. The van der Waals surface area contributed by atoms with Crippen LogP contribution in [0.4, 0.5) is 5.82 Å². The number of aromatic nitrogens is 2. The van der Waals surface area contributed by atoms with Crippen molar-refractivity contribution in [3.05, 3.63) is 54.2 Å². The Morgan fingerprint density at radius 1 is 1.43 bits per heavy atom. The van der Waals surface area contributed by atoms with Crippen molar-refractivity contribution in [1.29, 1.82) is 0 Å². The van der Waals surface area contributed by atoms with Gasteiger partial charge in [0.1, 0.15) is 18.1 Å². The van der Waals surface area contributed by atoms with Gasteiger partial charge >= 0.3 is 5.97 Å². The molecule has 1 heterocycles. The highest BCUT2D eigenvalue weighted by Gasteiger charge is 2.14. The molecule has 2 aromatic rings. The summed E-state index contributed by atoms with van der Waals surface area (Å²) in [6.07, 6.45) is 1.57. The molecule has 1 amide bonds. The zero-order chi connectivity index (χ0) is 15.2. The van der Waals surface area contributed by atoms with Gasteiger partial charge < -0.3 is 15.2 Å². The monoisotopic (exact) mass is 287 g/mol. The number of carbonyl (C=O) groups excluding carboxylic acids is 1. The summed E-state index contributed by atoms with van der Waals surface area (Å²) >= 11 is 0. The van der Waals surface area contributed by atoms with Crippen LogP contribution >= 0.6 is 0 Å². The smallest absolute Gasteiger partial charge is 0.353 e. The van der Waals surface area contributed by atoms with Gasteiger partial charge in [0, 0.05) is 6.07 Å². The highest BCUT2D eigenvalue weighted by molar-refractivity contribution is 6.06. The molecule has 0 saturated heterocycles. The predicted octanol–water partition coefficient (Wildman–Crippen LogP) is 1.92. The number of rotatable bonds is 6. The van der Waals surface area contributed by atoms with Crippen molar-refractivity contribution in [3.63, 3.8) is 0 Å². The Hall–Kier alpha value is -3.09. The predicted molar refractivity (Wildman–Crippen MR) is 75.6 cm³/mol. The Kier molecular flexibility index (Phi) is 4.35. The quantitative estimate of drug-likeness (QED) is 0.704. The molecule has 0 radical (unpaired) electrons. The van der Waals surface area contributed by atoms with Crippen LogP contribution in [-0.2, 0) is 0 Å². The van der Waals surface area contributed by atoms with Gasteiger partial charge in [0.25, 0.3) is 5.91 Å². The molecule has 0 aliphatic heterocycles. The van der Waals surface area contributed by atoms with Crippen LogP contribution in [0, 0.1) is 0 Å².